The summed E-state index contributed by atoms with van der Waals surface area (Å²) in [4.78, 5) is 22.8. The molecule has 0 aliphatic heterocycles. The Bertz CT molecular complexity index is 1240. The molecule has 0 bridgehead atoms. The van der Waals surface area contributed by atoms with Crippen LogP contribution in [-0.2, 0) is 10.0 Å². The zero-order valence-corrected chi connectivity index (χ0v) is 17.1. The van der Waals surface area contributed by atoms with Gasteiger partial charge in [-0.1, -0.05) is 24.3 Å². The van der Waals surface area contributed by atoms with Crippen molar-refractivity contribution in [3.63, 3.8) is 0 Å². The van der Waals surface area contributed by atoms with Crippen molar-refractivity contribution in [2.24, 2.45) is 0 Å². The number of hydrogen-bond acceptors (Lipinski definition) is 5. The largest absolute Gasteiger partial charge is 0.322 e. The highest BCUT2D eigenvalue weighted by Gasteiger charge is 2.20. The van der Waals surface area contributed by atoms with Gasteiger partial charge in [-0.3, -0.25) is 19.6 Å². The Labute approximate surface area is 173 Å². The molecule has 9 heteroatoms. The van der Waals surface area contributed by atoms with Crippen LogP contribution in [0.2, 0.25) is 0 Å². The molecular weight excluding hydrogens is 406 g/mol. The first-order valence-electron chi connectivity index (χ1n) is 8.92. The number of para-hydroxylation sites is 1. The number of hydrogen-bond donors (Lipinski definition) is 2. The van der Waals surface area contributed by atoms with Gasteiger partial charge in [-0.05, 0) is 55.3 Å². The van der Waals surface area contributed by atoms with Crippen molar-refractivity contribution in [3.05, 3.63) is 93.5 Å². The third kappa shape index (κ3) is 4.64. The van der Waals surface area contributed by atoms with Gasteiger partial charge in [-0.2, -0.15) is 0 Å². The van der Waals surface area contributed by atoms with E-state index in [1.807, 2.05) is 25.1 Å². The van der Waals surface area contributed by atoms with E-state index in [4.69, 9.17) is 0 Å². The maximum Gasteiger partial charge on any atom is 0.271 e. The van der Waals surface area contributed by atoms with Crippen LogP contribution in [0.4, 0.5) is 17.1 Å². The van der Waals surface area contributed by atoms with E-state index in [9.17, 15) is 23.3 Å². The van der Waals surface area contributed by atoms with Gasteiger partial charge in [0.1, 0.15) is 0 Å². The Kier molecular flexibility index (Phi) is 5.84. The summed E-state index contributed by atoms with van der Waals surface area (Å²) in [5, 5.41) is 13.7. The number of aryl methyl sites for hydroxylation is 2. The van der Waals surface area contributed by atoms with Gasteiger partial charge in [0.25, 0.3) is 21.6 Å². The zero-order valence-electron chi connectivity index (χ0n) is 16.2. The fraction of sp³-hybridized carbons (Fsp3) is 0.0952. The number of rotatable bonds is 6. The lowest BCUT2D eigenvalue weighted by molar-refractivity contribution is -0.384. The number of non-ortho nitro benzene ring substituents is 1. The maximum atomic E-state index is 12.7. The van der Waals surface area contributed by atoms with E-state index >= 15 is 0 Å². The molecule has 2 N–H and O–H groups in total. The van der Waals surface area contributed by atoms with Gasteiger partial charge in [0.2, 0.25) is 0 Å². The zero-order chi connectivity index (χ0) is 21.9. The summed E-state index contributed by atoms with van der Waals surface area (Å²) in [6.45, 7) is 3.45. The van der Waals surface area contributed by atoms with E-state index in [1.165, 1.54) is 36.4 Å². The number of benzene rings is 3. The molecule has 0 radical (unpaired) electrons. The molecule has 0 aliphatic carbocycles. The van der Waals surface area contributed by atoms with Crippen molar-refractivity contribution in [3.8, 4) is 0 Å². The quantitative estimate of drug-likeness (QED) is 0.452. The van der Waals surface area contributed by atoms with Crippen LogP contribution in [0.15, 0.2) is 71.6 Å². The van der Waals surface area contributed by atoms with Crippen molar-refractivity contribution in [2.75, 3.05) is 10.0 Å². The fourth-order valence-corrected chi connectivity index (χ4v) is 4.17. The van der Waals surface area contributed by atoms with E-state index in [-0.39, 0.29) is 22.2 Å². The predicted octanol–water partition coefficient (Wildman–Crippen LogP) is 4.26. The molecule has 3 rings (SSSR count). The van der Waals surface area contributed by atoms with Gasteiger partial charge in [0.05, 0.1) is 15.5 Å². The number of carbonyl (C=O) groups excluding carboxylic acids is 1. The van der Waals surface area contributed by atoms with Crippen molar-refractivity contribution in [1.82, 2.24) is 0 Å². The molecule has 3 aromatic carbocycles. The van der Waals surface area contributed by atoms with E-state index in [0.29, 0.717) is 16.8 Å². The first kappa shape index (κ1) is 21.0. The third-order valence-electron chi connectivity index (χ3n) is 4.43. The predicted molar refractivity (Wildman–Crippen MR) is 114 cm³/mol. The van der Waals surface area contributed by atoms with E-state index < -0.39 is 14.9 Å². The number of sulfonamides is 1. The lowest BCUT2D eigenvalue weighted by atomic mass is 10.1. The van der Waals surface area contributed by atoms with Gasteiger partial charge >= 0.3 is 0 Å². The summed E-state index contributed by atoms with van der Waals surface area (Å²) in [7, 11) is -4.00. The highest BCUT2D eigenvalue weighted by Crippen LogP contribution is 2.24. The van der Waals surface area contributed by atoms with Gasteiger partial charge in [-0.15, -0.1) is 0 Å². The molecule has 0 fully saturated rings. The van der Waals surface area contributed by atoms with E-state index in [1.54, 1.807) is 13.0 Å². The molecule has 154 valence electrons. The minimum absolute atomic E-state index is 0.0264. The Morgan fingerprint density at radius 1 is 0.933 bits per heavy atom. The number of anilines is 2. The molecule has 3 aromatic rings. The Morgan fingerprint density at radius 2 is 1.67 bits per heavy atom. The summed E-state index contributed by atoms with van der Waals surface area (Å²) in [6, 6.07) is 16.8. The molecule has 0 unspecified atom stereocenters. The van der Waals surface area contributed by atoms with E-state index in [0.717, 1.165) is 11.6 Å². The first-order valence-corrected chi connectivity index (χ1v) is 10.4. The molecule has 0 saturated heterocycles. The summed E-state index contributed by atoms with van der Waals surface area (Å²) < 4.78 is 27.8. The number of nitro groups is 1. The van der Waals surface area contributed by atoms with Crippen LogP contribution in [0.25, 0.3) is 0 Å². The molecule has 8 nitrogen and oxygen atoms in total. The molecular formula is C21H19N3O5S. The second-order valence-electron chi connectivity index (χ2n) is 6.66. The number of amides is 1. The molecule has 0 atom stereocenters. The SMILES string of the molecule is Cc1ccccc1NC(=O)c1ccc(S(=O)(=O)Nc2cccc([N+](=O)[O-])c2)c(C)c1. The van der Waals surface area contributed by atoms with Crippen molar-refractivity contribution < 1.29 is 18.1 Å². The molecule has 0 aliphatic rings. The lowest BCUT2D eigenvalue weighted by Crippen LogP contribution is -2.16. The monoisotopic (exact) mass is 425 g/mol. The summed E-state index contributed by atoms with van der Waals surface area (Å²) in [5.74, 6) is -0.358. The fourth-order valence-electron chi connectivity index (χ4n) is 2.89. The van der Waals surface area contributed by atoms with Crippen molar-refractivity contribution in [2.45, 2.75) is 18.7 Å². The molecule has 0 saturated carbocycles. The van der Waals surface area contributed by atoms with E-state index in [2.05, 4.69) is 10.0 Å². The summed E-state index contributed by atoms with van der Waals surface area (Å²) in [6.07, 6.45) is 0. The second kappa shape index (κ2) is 8.34. The average Bonchev–Trinajstić information content (AvgIpc) is 2.69. The van der Waals surface area contributed by atoms with Crippen LogP contribution >= 0.6 is 0 Å². The van der Waals surface area contributed by atoms with Gasteiger partial charge in [0.15, 0.2) is 0 Å². The highest BCUT2D eigenvalue weighted by molar-refractivity contribution is 7.92. The van der Waals surface area contributed by atoms with Crippen molar-refractivity contribution in [1.29, 1.82) is 0 Å². The number of carbonyl (C=O) groups is 1. The molecule has 0 heterocycles. The van der Waals surface area contributed by atoms with Crippen molar-refractivity contribution >= 4 is 33.0 Å². The highest BCUT2D eigenvalue weighted by atomic mass is 32.2. The number of nitrogens with zero attached hydrogens (tertiary/aromatic N) is 1. The molecule has 30 heavy (non-hydrogen) atoms. The van der Waals surface area contributed by atoms with Crippen LogP contribution in [0, 0.1) is 24.0 Å². The average molecular weight is 425 g/mol. The second-order valence-corrected chi connectivity index (χ2v) is 8.31. The number of nitrogens with one attached hydrogen (secondary N) is 2. The van der Waals surface area contributed by atoms with Gasteiger partial charge in [-0.25, -0.2) is 8.42 Å². The van der Waals surface area contributed by atoms with Crippen LogP contribution < -0.4 is 10.0 Å². The standard InChI is InChI=1S/C21H19N3O5S/c1-14-6-3-4-9-19(14)22-21(25)16-10-11-20(15(2)12-16)30(28,29)23-17-7-5-8-18(13-17)24(26)27/h3-13,23H,1-2H3,(H,22,25). The molecule has 0 aromatic heterocycles. The van der Waals surface area contributed by atoms with Crippen LogP contribution in [0.1, 0.15) is 21.5 Å². The van der Waals surface area contributed by atoms with Gasteiger partial charge < -0.3 is 5.32 Å². The van der Waals surface area contributed by atoms with Crippen LogP contribution in [0.5, 0.6) is 0 Å². The maximum absolute atomic E-state index is 12.7. The summed E-state index contributed by atoms with van der Waals surface area (Å²) in [5.41, 5.74) is 2.10. The smallest absolute Gasteiger partial charge is 0.271 e. The Morgan fingerprint density at radius 3 is 2.33 bits per heavy atom. The van der Waals surface area contributed by atoms with Crippen LogP contribution in [-0.4, -0.2) is 19.2 Å². The minimum atomic E-state index is -4.00. The third-order valence-corrected chi connectivity index (χ3v) is 5.97. The van der Waals surface area contributed by atoms with Gasteiger partial charge in [0, 0.05) is 23.4 Å². The minimum Gasteiger partial charge on any atom is -0.322 e. The Hall–Kier alpha value is -3.72. The number of nitro benzene ring substituents is 1. The normalized spacial score (nSPS) is 11.0. The van der Waals surface area contributed by atoms with Crippen LogP contribution in [0.3, 0.4) is 0 Å². The lowest BCUT2D eigenvalue weighted by Gasteiger charge is -2.12. The Balaban J connectivity index is 1.83. The topological polar surface area (TPSA) is 118 Å². The molecule has 1 amide bonds. The summed E-state index contributed by atoms with van der Waals surface area (Å²) >= 11 is 0. The first-order chi connectivity index (χ1) is 14.2. The molecule has 0 spiro atoms.